The van der Waals surface area contributed by atoms with E-state index in [1.165, 1.54) is 0 Å². The van der Waals surface area contributed by atoms with Crippen molar-refractivity contribution in [3.05, 3.63) is 67.3 Å². The number of hydrogen-bond acceptors (Lipinski definition) is 4. The first-order valence-corrected chi connectivity index (χ1v) is 7.45. The van der Waals surface area contributed by atoms with Crippen molar-refractivity contribution in [1.29, 1.82) is 0 Å². The Labute approximate surface area is 136 Å². The molecule has 0 aliphatic heterocycles. The van der Waals surface area contributed by atoms with E-state index in [-0.39, 0.29) is 6.61 Å². The Morgan fingerprint density at radius 2 is 1.61 bits per heavy atom. The number of ether oxygens (including phenoxy) is 3. The van der Waals surface area contributed by atoms with Crippen LogP contribution in [0.4, 0.5) is 0 Å². The summed E-state index contributed by atoms with van der Waals surface area (Å²) in [6.07, 6.45) is 1.13. The number of carbonyl (C=O) groups excluding carboxylic acids is 1. The summed E-state index contributed by atoms with van der Waals surface area (Å²) in [6, 6.07) is 18.0. The molecule has 0 aliphatic rings. The number of esters is 1. The van der Waals surface area contributed by atoms with Crippen LogP contribution in [0.3, 0.4) is 0 Å². The summed E-state index contributed by atoms with van der Waals surface area (Å²) in [5.74, 6) is 0.377. The largest absolute Gasteiger partial charge is 0.491 e. The van der Waals surface area contributed by atoms with Gasteiger partial charge in [-0.2, -0.15) is 0 Å². The van der Waals surface area contributed by atoms with Crippen LogP contribution in [-0.4, -0.2) is 32.4 Å². The molecule has 120 valence electrons. The molecule has 0 radical (unpaired) electrons. The molecule has 0 aliphatic carbocycles. The lowest BCUT2D eigenvalue weighted by Crippen LogP contribution is -2.12. The average molecular weight is 312 g/mol. The van der Waals surface area contributed by atoms with E-state index in [0.717, 1.165) is 23.0 Å². The molecule has 23 heavy (non-hydrogen) atoms. The van der Waals surface area contributed by atoms with Crippen molar-refractivity contribution in [2.45, 2.75) is 0 Å². The van der Waals surface area contributed by atoms with Crippen molar-refractivity contribution in [2.75, 3.05) is 26.4 Å². The van der Waals surface area contributed by atoms with E-state index in [2.05, 4.69) is 6.58 Å². The Morgan fingerprint density at radius 3 is 2.39 bits per heavy atom. The molecule has 2 aromatic rings. The first-order valence-electron chi connectivity index (χ1n) is 7.45. The molecule has 2 aromatic carbocycles. The molecule has 2 rings (SSSR count). The van der Waals surface area contributed by atoms with Crippen molar-refractivity contribution in [2.24, 2.45) is 0 Å². The molecular formula is C19H20O4. The molecule has 0 saturated heterocycles. The Morgan fingerprint density at radius 1 is 0.913 bits per heavy atom. The Balaban J connectivity index is 1.76. The molecule has 0 amide bonds. The van der Waals surface area contributed by atoms with Crippen LogP contribution < -0.4 is 4.74 Å². The second-order valence-corrected chi connectivity index (χ2v) is 4.69. The topological polar surface area (TPSA) is 44.8 Å². The van der Waals surface area contributed by atoms with E-state index < -0.39 is 5.97 Å². The van der Waals surface area contributed by atoms with Gasteiger partial charge in [0.1, 0.15) is 19.0 Å². The maximum atomic E-state index is 10.8. The van der Waals surface area contributed by atoms with Gasteiger partial charge in [-0.3, -0.25) is 0 Å². The van der Waals surface area contributed by atoms with Crippen molar-refractivity contribution < 1.29 is 19.0 Å². The Kier molecular flexibility index (Phi) is 6.88. The maximum Gasteiger partial charge on any atom is 0.330 e. The zero-order chi connectivity index (χ0) is 16.3. The molecular weight excluding hydrogens is 292 g/mol. The molecule has 0 fully saturated rings. The highest BCUT2D eigenvalue weighted by Gasteiger charge is 2.05. The van der Waals surface area contributed by atoms with Gasteiger partial charge in [-0.25, -0.2) is 4.79 Å². The van der Waals surface area contributed by atoms with Gasteiger partial charge in [-0.15, -0.1) is 0 Å². The summed E-state index contributed by atoms with van der Waals surface area (Å²) in [5, 5.41) is 0. The first kappa shape index (κ1) is 16.8. The van der Waals surface area contributed by atoms with Crippen LogP contribution in [-0.2, 0) is 14.3 Å². The van der Waals surface area contributed by atoms with Gasteiger partial charge in [0.15, 0.2) is 0 Å². The van der Waals surface area contributed by atoms with Crippen LogP contribution in [0.15, 0.2) is 67.3 Å². The Bertz CT molecular complexity index is 622. The van der Waals surface area contributed by atoms with Gasteiger partial charge in [0, 0.05) is 11.6 Å². The molecule has 0 atom stereocenters. The van der Waals surface area contributed by atoms with Crippen LogP contribution in [0, 0.1) is 0 Å². The molecule has 0 N–H and O–H groups in total. The summed E-state index contributed by atoms with van der Waals surface area (Å²) in [4.78, 5) is 10.8. The number of benzene rings is 2. The standard InChI is InChI=1S/C19H20O4/c1-2-19(20)23-15-13-21-12-14-22-18-11-7-6-10-17(18)16-8-4-3-5-9-16/h2-11H,1,12-15H2. The molecule has 4 nitrogen and oxygen atoms in total. The summed E-state index contributed by atoms with van der Waals surface area (Å²) >= 11 is 0. The molecule has 0 heterocycles. The SMILES string of the molecule is C=CC(=O)OCCOCCOc1ccccc1-c1ccccc1. The normalized spacial score (nSPS) is 10.1. The van der Waals surface area contributed by atoms with Crippen molar-refractivity contribution in [3.63, 3.8) is 0 Å². The number of rotatable bonds is 9. The van der Waals surface area contributed by atoms with Gasteiger partial charge < -0.3 is 14.2 Å². The third kappa shape index (κ3) is 5.60. The quantitative estimate of drug-likeness (QED) is 0.404. The fourth-order valence-corrected chi connectivity index (χ4v) is 2.02. The fraction of sp³-hybridized carbons (Fsp3) is 0.211. The Hall–Kier alpha value is -2.59. The lowest BCUT2D eigenvalue weighted by Gasteiger charge is -2.12. The predicted molar refractivity (Wildman–Crippen MR) is 89.3 cm³/mol. The molecule has 0 bridgehead atoms. The van der Waals surface area contributed by atoms with Crippen LogP contribution >= 0.6 is 0 Å². The first-order chi connectivity index (χ1) is 11.3. The molecule has 0 unspecified atom stereocenters. The van der Waals surface area contributed by atoms with Gasteiger partial charge in [0.2, 0.25) is 0 Å². The second kappa shape index (κ2) is 9.43. The number of para-hydroxylation sites is 1. The molecule has 0 aromatic heterocycles. The monoisotopic (exact) mass is 312 g/mol. The van der Waals surface area contributed by atoms with E-state index >= 15 is 0 Å². The van der Waals surface area contributed by atoms with Crippen molar-refractivity contribution in [3.8, 4) is 16.9 Å². The highest BCUT2D eigenvalue weighted by atomic mass is 16.6. The fourth-order valence-electron chi connectivity index (χ4n) is 2.02. The van der Waals surface area contributed by atoms with E-state index in [1.807, 2.05) is 54.6 Å². The zero-order valence-corrected chi connectivity index (χ0v) is 12.9. The van der Waals surface area contributed by atoms with Crippen molar-refractivity contribution in [1.82, 2.24) is 0 Å². The van der Waals surface area contributed by atoms with Gasteiger partial charge in [0.05, 0.1) is 13.2 Å². The highest BCUT2D eigenvalue weighted by molar-refractivity contribution is 5.81. The number of carbonyl (C=O) groups is 1. The minimum atomic E-state index is -0.443. The van der Waals surface area contributed by atoms with Crippen LogP contribution in [0.2, 0.25) is 0 Å². The molecule has 4 heteroatoms. The highest BCUT2D eigenvalue weighted by Crippen LogP contribution is 2.29. The zero-order valence-electron chi connectivity index (χ0n) is 12.9. The summed E-state index contributed by atoms with van der Waals surface area (Å²) in [7, 11) is 0. The smallest absolute Gasteiger partial charge is 0.330 e. The van der Waals surface area contributed by atoms with Crippen LogP contribution in [0.25, 0.3) is 11.1 Å². The van der Waals surface area contributed by atoms with E-state index in [9.17, 15) is 4.79 Å². The van der Waals surface area contributed by atoms with Crippen LogP contribution in [0.5, 0.6) is 5.75 Å². The number of hydrogen-bond donors (Lipinski definition) is 0. The summed E-state index contributed by atoms with van der Waals surface area (Å²) < 4.78 is 16.0. The second-order valence-electron chi connectivity index (χ2n) is 4.69. The minimum Gasteiger partial charge on any atom is -0.491 e. The van der Waals surface area contributed by atoms with Gasteiger partial charge in [-0.05, 0) is 11.6 Å². The third-order valence-electron chi connectivity index (χ3n) is 3.10. The van der Waals surface area contributed by atoms with Crippen molar-refractivity contribution >= 4 is 5.97 Å². The lowest BCUT2D eigenvalue weighted by molar-refractivity contribution is -0.139. The van der Waals surface area contributed by atoms with E-state index in [4.69, 9.17) is 14.2 Å². The molecule has 0 saturated carbocycles. The van der Waals surface area contributed by atoms with E-state index in [1.54, 1.807) is 0 Å². The summed E-state index contributed by atoms with van der Waals surface area (Å²) in [5.41, 5.74) is 2.16. The van der Waals surface area contributed by atoms with Gasteiger partial charge in [0.25, 0.3) is 0 Å². The lowest BCUT2D eigenvalue weighted by atomic mass is 10.1. The van der Waals surface area contributed by atoms with Crippen LogP contribution in [0.1, 0.15) is 0 Å². The minimum absolute atomic E-state index is 0.214. The molecule has 0 spiro atoms. The van der Waals surface area contributed by atoms with Gasteiger partial charge in [-0.1, -0.05) is 55.1 Å². The van der Waals surface area contributed by atoms with Gasteiger partial charge >= 0.3 is 5.97 Å². The summed E-state index contributed by atoms with van der Waals surface area (Å²) in [6.45, 7) is 4.73. The maximum absolute atomic E-state index is 10.8. The third-order valence-corrected chi connectivity index (χ3v) is 3.10. The predicted octanol–water partition coefficient (Wildman–Crippen LogP) is 3.48. The average Bonchev–Trinajstić information content (AvgIpc) is 2.61. The van der Waals surface area contributed by atoms with E-state index in [0.29, 0.717) is 19.8 Å².